The number of piperazine rings is 1. The summed E-state index contributed by atoms with van der Waals surface area (Å²) in [6.45, 7) is 10.3. The van der Waals surface area contributed by atoms with E-state index in [4.69, 9.17) is 0 Å². The van der Waals surface area contributed by atoms with Crippen LogP contribution in [-0.4, -0.2) is 55.8 Å². The van der Waals surface area contributed by atoms with Crippen molar-refractivity contribution in [3.8, 4) is 0 Å². The Morgan fingerprint density at radius 2 is 1.93 bits per heavy atom. The van der Waals surface area contributed by atoms with Gasteiger partial charge in [0.15, 0.2) is 0 Å². The summed E-state index contributed by atoms with van der Waals surface area (Å²) in [6, 6.07) is 6.96. The van der Waals surface area contributed by atoms with Gasteiger partial charge in [-0.25, -0.2) is 12.8 Å². The molecule has 0 radical (unpaired) electrons. The molecule has 0 atom stereocenters. The molecule has 1 aliphatic rings. The molecule has 1 N–H and O–H groups in total. The molecule has 1 aliphatic heterocycles. The second kappa shape index (κ2) is 8.61. The summed E-state index contributed by atoms with van der Waals surface area (Å²) >= 11 is 0. The fourth-order valence-corrected chi connectivity index (χ4v) is 5.29. The van der Waals surface area contributed by atoms with Gasteiger partial charge in [-0.1, -0.05) is 12.1 Å². The number of halogens is 1. The van der Waals surface area contributed by atoms with Crippen LogP contribution in [0.25, 0.3) is 0 Å². The molecule has 29 heavy (non-hydrogen) atoms. The normalized spacial score (nSPS) is 16.1. The Balaban J connectivity index is 1.63. The molecule has 1 aromatic heterocycles. The zero-order valence-electron chi connectivity index (χ0n) is 16.8. The number of aromatic nitrogens is 1. The third kappa shape index (κ3) is 4.49. The number of carbonyl (C=O) groups excluding carboxylic acids is 1. The van der Waals surface area contributed by atoms with Gasteiger partial charge in [-0.2, -0.15) is 4.31 Å². The highest BCUT2D eigenvalue weighted by Crippen LogP contribution is 2.17. The van der Waals surface area contributed by atoms with E-state index in [1.165, 1.54) is 22.5 Å². The van der Waals surface area contributed by atoms with Gasteiger partial charge in [0.25, 0.3) is 0 Å². The lowest BCUT2D eigenvalue weighted by Gasteiger charge is -2.31. The SMILES string of the molecule is C=CCn1c(C)cc(C(=O)C[NH+]2CCN(S(=O)(=O)c3cccc(F)c3)CC2)c1C. The van der Waals surface area contributed by atoms with Crippen molar-refractivity contribution in [2.75, 3.05) is 32.7 Å². The summed E-state index contributed by atoms with van der Waals surface area (Å²) in [5.41, 5.74) is 2.66. The average molecular weight is 421 g/mol. The molecule has 0 amide bonds. The number of benzene rings is 1. The standard InChI is InChI=1S/C21H26FN3O3S/c1-4-8-25-16(2)13-20(17(25)3)21(26)15-23-9-11-24(12-10-23)29(27,28)19-7-5-6-18(22)14-19/h4-7,13-14H,1,8-12,15H2,2-3H3/p+1. The maximum Gasteiger partial charge on any atom is 0.243 e. The van der Waals surface area contributed by atoms with Gasteiger partial charge in [0.1, 0.15) is 12.4 Å². The lowest BCUT2D eigenvalue weighted by molar-refractivity contribution is -0.895. The fraction of sp³-hybridized carbons (Fsp3) is 0.381. The second-order valence-electron chi connectivity index (χ2n) is 7.40. The van der Waals surface area contributed by atoms with E-state index in [0.29, 0.717) is 44.8 Å². The number of hydrogen-bond donors (Lipinski definition) is 1. The predicted octanol–water partition coefficient (Wildman–Crippen LogP) is 1.20. The first-order valence-corrected chi connectivity index (χ1v) is 11.1. The zero-order chi connectivity index (χ0) is 21.2. The van der Waals surface area contributed by atoms with E-state index >= 15 is 0 Å². The number of nitrogens with one attached hydrogen (secondary N) is 1. The van der Waals surface area contributed by atoms with Crippen molar-refractivity contribution in [3.05, 3.63) is 65.8 Å². The van der Waals surface area contributed by atoms with Crippen molar-refractivity contribution < 1.29 is 22.5 Å². The molecule has 1 fully saturated rings. The zero-order valence-corrected chi connectivity index (χ0v) is 17.6. The molecule has 0 saturated carbocycles. The van der Waals surface area contributed by atoms with Crippen molar-refractivity contribution in [2.24, 2.45) is 0 Å². The Bertz CT molecular complexity index is 1020. The number of sulfonamides is 1. The first-order valence-electron chi connectivity index (χ1n) is 9.64. The van der Waals surface area contributed by atoms with E-state index in [9.17, 15) is 17.6 Å². The van der Waals surface area contributed by atoms with Crippen molar-refractivity contribution in [1.82, 2.24) is 8.87 Å². The topological polar surface area (TPSA) is 63.8 Å². The van der Waals surface area contributed by atoms with Crippen LogP contribution >= 0.6 is 0 Å². The minimum absolute atomic E-state index is 0.0355. The molecule has 156 valence electrons. The molecule has 0 spiro atoms. The van der Waals surface area contributed by atoms with E-state index < -0.39 is 15.8 Å². The van der Waals surface area contributed by atoms with Gasteiger partial charge in [0, 0.05) is 23.5 Å². The van der Waals surface area contributed by atoms with Gasteiger partial charge in [-0.05, 0) is 38.1 Å². The lowest BCUT2D eigenvalue weighted by Crippen LogP contribution is -3.15. The molecular weight excluding hydrogens is 393 g/mol. The first kappa shape index (κ1) is 21.4. The molecule has 0 unspecified atom stereocenters. The van der Waals surface area contributed by atoms with Crippen LogP contribution in [0.3, 0.4) is 0 Å². The van der Waals surface area contributed by atoms with Crippen LogP contribution in [0, 0.1) is 19.7 Å². The Labute approximate surface area is 171 Å². The molecule has 6 nitrogen and oxygen atoms in total. The highest BCUT2D eigenvalue weighted by atomic mass is 32.2. The fourth-order valence-electron chi connectivity index (χ4n) is 3.81. The number of ketones is 1. The lowest BCUT2D eigenvalue weighted by atomic mass is 10.1. The summed E-state index contributed by atoms with van der Waals surface area (Å²) in [7, 11) is -3.72. The summed E-state index contributed by atoms with van der Waals surface area (Å²) < 4.78 is 42.2. The van der Waals surface area contributed by atoms with Crippen molar-refractivity contribution in [3.63, 3.8) is 0 Å². The van der Waals surface area contributed by atoms with E-state index in [0.717, 1.165) is 22.4 Å². The van der Waals surface area contributed by atoms with Gasteiger partial charge in [-0.15, -0.1) is 6.58 Å². The third-order valence-electron chi connectivity index (χ3n) is 5.46. The van der Waals surface area contributed by atoms with E-state index in [1.807, 2.05) is 19.9 Å². The Morgan fingerprint density at radius 3 is 2.55 bits per heavy atom. The number of rotatable bonds is 7. The summed E-state index contributed by atoms with van der Waals surface area (Å²) in [5.74, 6) is -0.514. The summed E-state index contributed by atoms with van der Waals surface area (Å²) in [6.07, 6.45) is 1.80. The molecule has 1 aromatic carbocycles. The van der Waals surface area contributed by atoms with Crippen LogP contribution in [0.2, 0.25) is 0 Å². The van der Waals surface area contributed by atoms with Crippen LogP contribution in [0.1, 0.15) is 21.7 Å². The van der Waals surface area contributed by atoms with Gasteiger partial charge in [-0.3, -0.25) is 4.79 Å². The van der Waals surface area contributed by atoms with Crippen LogP contribution < -0.4 is 4.90 Å². The average Bonchev–Trinajstić information content (AvgIpc) is 2.97. The quantitative estimate of drug-likeness (QED) is 0.541. The highest BCUT2D eigenvalue weighted by molar-refractivity contribution is 7.89. The maximum atomic E-state index is 13.4. The number of nitrogens with zero attached hydrogens (tertiary/aromatic N) is 2. The van der Waals surface area contributed by atoms with E-state index in [2.05, 4.69) is 11.1 Å². The molecule has 1 saturated heterocycles. The largest absolute Gasteiger partial charge is 0.345 e. The van der Waals surface area contributed by atoms with Crippen molar-refractivity contribution >= 4 is 15.8 Å². The van der Waals surface area contributed by atoms with E-state index in [1.54, 1.807) is 6.08 Å². The second-order valence-corrected chi connectivity index (χ2v) is 9.33. The van der Waals surface area contributed by atoms with Crippen LogP contribution in [-0.2, 0) is 16.6 Å². The van der Waals surface area contributed by atoms with Crippen LogP contribution in [0.5, 0.6) is 0 Å². The number of aryl methyl sites for hydroxylation is 1. The van der Waals surface area contributed by atoms with Gasteiger partial charge in [0.05, 0.1) is 31.1 Å². The first-order chi connectivity index (χ1) is 13.7. The molecule has 2 heterocycles. The van der Waals surface area contributed by atoms with Gasteiger partial charge >= 0.3 is 0 Å². The van der Waals surface area contributed by atoms with Gasteiger partial charge in [0.2, 0.25) is 15.8 Å². The number of carbonyl (C=O) groups is 1. The summed E-state index contributed by atoms with van der Waals surface area (Å²) in [4.78, 5) is 13.8. The van der Waals surface area contributed by atoms with E-state index in [-0.39, 0.29) is 10.7 Å². The van der Waals surface area contributed by atoms with Gasteiger partial charge < -0.3 is 9.47 Å². The highest BCUT2D eigenvalue weighted by Gasteiger charge is 2.32. The monoisotopic (exact) mass is 420 g/mol. The Hall–Kier alpha value is -2.29. The molecular formula is C21H27FN3O3S+. The molecule has 0 bridgehead atoms. The molecule has 3 rings (SSSR count). The maximum absolute atomic E-state index is 13.4. The minimum atomic E-state index is -3.72. The number of quaternary nitrogens is 1. The molecule has 8 heteroatoms. The van der Waals surface area contributed by atoms with Crippen molar-refractivity contribution in [1.29, 1.82) is 0 Å². The third-order valence-corrected chi connectivity index (χ3v) is 7.35. The Morgan fingerprint density at radius 1 is 1.24 bits per heavy atom. The van der Waals surface area contributed by atoms with Crippen LogP contribution in [0.4, 0.5) is 4.39 Å². The van der Waals surface area contributed by atoms with Crippen LogP contribution in [0.15, 0.2) is 47.9 Å². The smallest absolute Gasteiger partial charge is 0.243 e. The minimum Gasteiger partial charge on any atom is -0.345 e. The molecule has 2 aromatic rings. The molecule has 0 aliphatic carbocycles. The Kier molecular flexibility index (Phi) is 6.36. The van der Waals surface area contributed by atoms with Crippen molar-refractivity contribution in [2.45, 2.75) is 25.3 Å². The predicted molar refractivity (Wildman–Crippen MR) is 109 cm³/mol. The summed E-state index contributed by atoms with van der Waals surface area (Å²) in [5, 5.41) is 0. The number of Topliss-reactive ketones (excluding diaryl/α,β-unsaturated/α-hetero) is 1. The number of allylic oxidation sites excluding steroid dienone is 1. The number of hydrogen-bond acceptors (Lipinski definition) is 3.